The Morgan fingerprint density at radius 3 is 2.48 bits per heavy atom. The smallest absolute Gasteiger partial charge is 0.381 e. The second kappa shape index (κ2) is 13.3. The maximum absolute atomic E-state index is 13.5. The Bertz CT molecular complexity index is 1210. The number of rotatable bonds is 7. The number of halogens is 3. The third kappa shape index (κ3) is 6.91. The van der Waals surface area contributed by atoms with Crippen LogP contribution in [0.4, 0.5) is 19.0 Å². The van der Waals surface area contributed by atoms with Gasteiger partial charge in [-0.2, -0.15) is 13.2 Å². The number of nitrogens with zero attached hydrogens (tertiary/aromatic N) is 4. The van der Waals surface area contributed by atoms with Gasteiger partial charge >= 0.3 is 6.18 Å². The third-order valence-electron chi connectivity index (χ3n) is 10.0. The minimum absolute atomic E-state index is 0.0508. The highest BCUT2D eigenvalue weighted by atomic mass is 19.4. The molecule has 2 aromatic rings. The molecule has 10 heteroatoms. The predicted octanol–water partition coefficient (Wildman–Crippen LogP) is 6.15. The van der Waals surface area contributed by atoms with Crippen molar-refractivity contribution in [3.63, 3.8) is 0 Å². The summed E-state index contributed by atoms with van der Waals surface area (Å²) in [4.78, 5) is 26.8. The van der Waals surface area contributed by atoms with Crippen molar-refractivity contribution in [2.24, 2.45) is 11.8 Å². The van der Waals surface area contributed by atoms with Gasteiger partial charge in [0.05, 0.1) is 11.7 Å². The van der Waals surface area contributed by atoms with E-state index in [0.717, 1.165) is 88.3 Å². The second-order valence-corrected chi connectivity index (χ2v) is 12.4. The van der Waals surface area contributed by atoms with Crippen LogP contribution in [0.5, 0.6) is 0 Å². The number of carbonyl (C=O) groups is 1. The van der Waals surface area contributed by atoms with Gasteiger partial charge in [0.15, 0.2) is 0 Å². The number of piperidine rings is 2. The van der Waals surface area contributed by atoms with E-state index in [4.69, 9.17) is 4.74 Å². The molecule has 7 nitrogen and oxygen atoms in total. The zero-order valence-electron chi connectivity index (χ0n) is 25.0. The molecule has 0 radical (unpaired) electrons. The summed E-state index contributed by atoms with van der Waals surface area (Å²) in [5.74, 6) is 1.16. The first-order valence-electron chi connectivity index (χ1n) is 15.4. The summed E-state index contributed by atoms with van der Waals surface area (Å²) in [6, 6.07) is 6.30. The van der Waals surface area contributed by atoms with Gasteiger partial charge in [0.1, 0.15) is 17.8 Å². The topological polar surface area (TPSA) is 70.6 Å². The predicted molar refractivity (Wildman–Crippen MR) is 156 cm³/mol. The van der Waals surface area contributed by atoms with Crippen LogP contribution in [0.1, 0.15) is 85.0 Å². The van der Waals surface area contributed by atoms with Crippen molar-refractivity contribution >= 4 is 11.7 Å². The van der Waals surface area contributed by atoms with Crippen LogP contribution in [0.3, 0.4) is 0 Å². The van der Waals surface area contributed by atoms with Crippen molar-refractivity contribution in [2.45, 2.75) is 83.0 Å². The number of hydrogen-bond acceptors (Lipinski definition) is 6. The highest BCUT2D eigenvalue weighted by Gasteiger charge is 2.35. The molecule has 1 aromatic heterocycles. The zero-order chi connectivity index (χ0) is 29.9. The number of methoxy groups -OCH3 is 1. The normalized spacial score (nSPS) is 25.0. The molecule has 230 valence electrons. The molecule has 2 aliphatic heterocycles. The number of amides is 1. The number of ether oxygens (including phenoxy) is 1. The fourth-order valence-corrected chi connectivity index (χ4v) is 7.29. The Hall–Kier alpha value is -2.72. The summed E-state index contributed by atoms with van der Waals surface area (Å²) in [7, 11) is 1.79. The molecule has 0 spiro atoms. The number of anilines is 1. The molecule has 5 rings (SSSR count). The van der Waals surface area contributed by atoms with Gasteiger partial charge in [0.2, 0.25) is 0 Å². The number of benzene rings is 1. The van der Waals surface area contributed by atoms with Crippen molar-refractivity contribution in [3.05, 3.63) is 53.0 Å². The minimum Gasteiger partial charge on any atom is -0.381 e. The number of likely N-dealkylation sites (tertiary alicyclic amines) is 2. The van der Waals surface area contributed by atoms with Crippen molar-refractivity contribution in [1.82, 2.24) is 19.8 Å². The van der Waals surface area contributed by atoms with Crippen LogP contribution in [0, 0.1) is 18.8 Å². The molecule has 1 aromatic carbocycles. The summed E-state index contributed by atoms with van der Waals surface area (Å²) in [5, 5.41) is 3.46. The number of hydrogen-bond donors (Lipinski definition) is 1. The van der Waals surface area contributed by atoms with Crippen LogP contribution >= 0.6 is 0 Å². The summed E-state index contributed by atoms with van der Waals surface area (Å²) >= 11 is 0. The second-order valence-electron chi connectivity index (χ2n) is 12.4. The number of aromatic nitrogens is 2. The minimum atomic E-state index is -4.34. The maximum Gasteiger partial charge on any atom is 0.416 e. The van der Waals surface area contributed by atoms with Gasteiger partial charge in [0, 0.05) is 51.4 Å². The first-order chi connectivity index (χ1) is 20.2. The lowest BCUT2D eigenvalue weighted by Gasteiger charge is -2.41. The van der Waals surface area contributed by atoms with Gasteiger partial charge in [-0.1, -0.05) is 31.5 Å². The van der Waals surface area contributed by atoms with Gasteiger partial charge in [-0.3, -0.25) is 4.79 Å². The fraction of sp³-hybridized carbons (Fsp3) is 0.656. The molecular formula is C32H44F3N5O2. The van der Waals surface area contributed by atoms with Crippen LogP contribution in [0.25, 0.3) is 0 Å². The van der Waals surface area contributed by atoms with E-state index in [1.165, 1.54) is 18.5 Å². The summed E-state index contributed by atoms with van der Waals surface area (Å²) in [6.45, 7) is 8.22. The Morgan fingerprint density at radius 2 is 1.79 bits per heavy atom. The number of nitrogens with one attached hydrogen (secondary N) is 1. The highest BCUT2D eigenvalue weighted by molar-refractivity contribution is 5.94. The van der Waals surface area contributed by atoms with Crippen molar-refractivity contribution in [1.29, 1.82) is 0 Å². The molecule has 3 aliphatic rings. The maximum atomic E-state index is 13.5. The Balaban J connectivity index is 1.17. The Labute approximate surface area is 247 Å². The molecule has 0 bridgehead atoms. The lowest BCUT2D eigenvalue weighted by Crippen LogP contribution is -2.49. The molecule has 3 fully saturated rings. The number of carbonyl (C=O) groups excluding carboxylic acids is 1. The first kappa shape index (κ1) is 30.7. The highest BCUT2D eigenvalue weighted by Crippen LogP contribution is 2.42. The van der Waals surface area contributed by atoms with E-state index in [-0.39, 0.29) is 23.7 Å². The Morgan fingerprint density at radius 1 is 1.05 bits per heavy atom. The van der Waals surface area contributed by atoms with Crippen LogP contribution in [-0.2, 0) is 10.9 Å². The third-order valence-corrected chi connectivity index (χ3v) is 10.0. The van der Waals surface area contributed by atoms with E-state index in [0.29, 0.717) is 30.2 Å². The molecule has 0 unspecified atom stereocenters. The average Bonchev–Trinajstić information content (AvgIpc) is 3.00. The van der Waals surface area contributed by atoms with Gasteiger partial charge in [0.25, 0.3) is 5.91 Å². The van der Waals surface area contributed by atoms with E-state index in [2.05, 4.69) is 27.1 Å². The van der Waals surface area contributed by atoms with E-state index in [1.54, 1.807) is 7.11 Å². The molecule has 1 N–H and O–H groups in total. The first-order valence-corrected chi connectivity index (χ1v) is 15.4. The van der Waals surface area contributed by atoms with Crippen LogP contribution < -0.4 is 5.32 Å². The van der Waals surface area contributed by atoms with Crippen molar-refractivity contribution in [3.8, 4) is 0 Å². The van der Waals surface area contributed by atoms with E-state index >= 15 is 0 Å². The van der Waals surface area contributed by atoms with E-state index < -0.39 is 11.7 Å². The van der Waals surface area contributed by atoms with Crippen LogP contribution in [0.15, 0.2) is 30.6 Å². The fourth-order valence-electron chi connectivity index (χ4n) is 7.29. The van der Waals surface area contributed by atoms with Crippen LogP contribution in [0.2, 0.25) is 0 Å². The van der Waals surface area contributed by atoms with Gasteiger partial charge in [-0.05, 0) is 74.8 Å². The van der Waals surface area contributed by atoms with E-state index in [1.807, 2.05) is 17.9 Å². The molecule has 1 saturated carbocycles. The Kier molecular flexibility index (Phi) is 9.72. The zero-order valence-corrected chi connectivity index (χ0v) is 25.0. The van der Waals surface area contributed by atoms with Crippen molar-refractivity contribution in [2.75, 3.05) is 45.2 Å². The molecule has 3 atom stereocenters. The number of alkyl halides is 3. The molecule has 2 saturated heterocycles. The van der Waals surface area contributed by atoms with Gasteiger partial charge < -0.3 is 19.9 Å². The van der Waals surface area contributed by atoms with Crippen LogP contribution in [-0.4, -0.2) is 77.7 Å². The van der Waals surface area contributed by atoms with Gasteiger partial charge in [-0.15, -0.1) is 0 Å². The standard InChI is InChI=1S/C32H44F3N5O2/c1-21-24(7-5-9-28(21)23-6-4-8-25(18-23)32(33,34)35)19-36-30-22(2)29(37-20-38-30)31(41)40-14-10-26(11-15-40)39-16-12-27(42-3)13-17-39/h4,6,8,18,20-21,24,26-28H,5,7,9-17,19H2,1-3H3,(H,36,37,38)/t21-,24-,28-/m0/s1. The molecule has 1 aliphatic carbocycles. The lowest BCUT2D eigenvalue weighted by atomic mass is 9.70. The molecular weight excluding hydrogens is 543 g/mol. The van der Waals surface area contributed by atoms with E-state index in [9.17, 15) is 18.0 Å². The van der Waals surface area contributed by atoms with Gasteiger partial charge in [-0.25, -0.2) is 9.97 Å². The average molecular weight is 588 g/mol. The SMILES string of the molecule is COC1CCN(C2CCN(C(=O)c3ncnc(NC[C@@H]4CCC[C@H](c5cccc(C(F)(F)F)c5)[C@H]4C)c3C)CC2)CC1. The molecule has 3 heterocycles. The summed E-state index contributed by atoms with van der Waals surface area (Å²) in [6.07, 6.45) is 4.38. The lowest BCUT2D eigenvalue weighted by molar-refractivity contribution is -0.137. The quantitative estimate of drug-likeness (QED) is 0.419. The largest absolute Gasteiger partial charge is 0.416 e. The molecule has 1 amide bonds. The summed E-state index contributed by atoms with van der Waals surface area (Å²) < 4.78 is 45.5. The monoisotopic (exact) mass is 587 g/mol. The molecule has 42 heavy (non-hydrogen) atoms. The summed E-state index contributed by atoms with van der Waals surface area (Å²) in [5.41, 5.74) is 1.35. The van der Waals surface area contributed by atoms with Crippen molar-refractivity contribution < 1.29 is 22.7 Å².